The van der Waals surface area contributed by atoms with Gasteiger partial charge in [0, 0.05) is 57.0 Å². The maximum absolute atomic E-state index is 12.5. The topological polar surface area (TPSA) is 75.5 Å². The lowest BCUT2D eigenvalue weighted by Crippen LogP contribution is -2.51. The van der Waals surface area contributed by atoms with Crippen LogP contribution in [-0.4, -0.2) is 58.8 Å². The standard InChI is InChI=1S/C21H24N6O2/c1-29-19-5-3-18(4-6-19)25-10-12-26(13-11-25)21(28)24-15-17-2-7-20(23-14-17)27-9-8-22-16-27/h2-9,14,16H,10-13,15H2,1H3,(H,24,28). The lowest BCUT2D eigenvalue weighted by molar-refractivity contribution is 0.194. The van der Waals surface area contributed by atoms with Crippen LogP contribution in [0.4, 0.5) is 10.5 Å². The summed E-state index contributed by atoms with van der Waals surface area (Å²) < 4.78 is 7.04. The van der Waals surface area contributed by atoms with E-state index < -0.39 is 0 Å². The Bertz CT molecular complexity index is 917. The van der Waals surface area contributed by atoms with Crippen LogP contribution in [0.5, 0.6) is 5.75 Å². The van der Waals surface area contributed by atoms with Crippen LogP contribution in [0.15, 0.2) is 61.3 Å². The fraction of sp³-hybridized carbons (Fsp3) is 0.286. The predicted molar refractivity (Wildman–Crippen MR) is 110 cm³/mol. The van der Waals surface area contributed by atoms with E-state index in [2.05, 4.69) is 32.3 Å². The lowest BCUT2D eigenvalue weighted by atomic mass is 10.2. The van der Waals surface area contributed by atoms with Crippen LogP contribution in [-0.2, 0) is 6.54 Å². The molecule has 2 amide bonds. The average molecular weight is 392 g/mol. The molecule has 1 aliphatic rings. The van der Waals surface area contributed by atoms with E-state index in [0.29, 0.717) is 19.6 Å². The molecule has 0 radical (unpaired) electrons. The molecule has 0 bridgehead atoms. The molecule has 29 heavy (non-hydrogen) atoms. The fourth-order valence-electron chi connectivity index (χ4n) is 3.32. The maximum atomic E-state index is 12.5. The highest BCUT2D eigenvalue weighted by atomic mass is 16.5. The molecule has 2 aromatic heterocycles. The number of hydrogen-bond acceptors (Lipinski definition) is 5. The smallest absolute Gasteiger partial charge is 0.317 e. The van der Waals surface area contributed by atoms with E-state index in [-0.39, 0.29) is 6.03 Å². The molecule has 1 N–H and O–H groups in total. The number of carbonyl (C=O) groups excluding carboxylic acids is 1. The summed E-state index contributed by atoms with van der Waals surface area (Å²) in [6.45, 7) is 3.45. The normalized spacial score (nSPS) is 14.0. The summed E-state index contributed by atoms with van der Waals surface area (Å²) in [7, 11) is 1.66. The molecule has 1 fully saturated rings. The van der Waals surface area contributed by atoms with Gasteiger partial charge in [-0.1, -0.05) is 6.07 Å². The zero-order chi connectivity index (χ0) is 20.1. The molecule has 4 rings (SSSR count). The van der Waals surface area contributed by atoms with Crippen LogP contribution in [0.3, 0.4) is 0 Å². The average Bonchev–Trinajstić information content (AvgIpc) is 3.33. The first kappa shape index (κ1) is 18.8. The van der Waals surface area contributed by atoms with Gasteiger partial charge in [0.05, 0.1) is 7.11 Å². The highest BCUT2D eigenvalue weighted by Gasteiger charge is 2.21. The number of carbonyl (C=O) groups is 1. The van der Waals surface area contributed by atoms with Crippen molar-refractivity contribution in [3.8, 4) is 11.6 Å². The van der Waals surface area contributed by atoms with Gasteiger partial charge in [0.1, 0.15) is 17.9 Å². The van der Waals surface area contributed by atoms with Gasteiger partial charge >= 0.3 is 6.03 Å². The molecule has 3 heterocycles. The number of rotatable bonds is 5. The molecular weight excluding hydrogens is 368 g/mol. The molecular formula is C21H24N6O2. The third kappa shape index (κ3) is 4.48. The number of imidazole rings is 1. The van der Waals surface area contributed by atoms with Crippen molar-refractivity contribution in [2.24, 2.45) is 0 Å². The van der Waals surface area contributed by atoms with Gasteiger partial charge in [0.2, 0.25) is 0 Å². The van der Waals surface area contributed by atoms with E-state index in [1.165, 1.54) is 0 Å². The lowest BCUT2D eigenvalue weighted by Gasteiger charge is -2.36. The van der Waals surface area contributed by atoms with Crippen LogP contribution < -0.4 is 15.0 Å². The van der Waals surface area contributed by atoms with Crippen LogP contribution in [0, 0.1) is 0 Å². The van der Waals surface area contributed by atoms with Gasteiger partial charge in [0.25, 0.3) is 0 Å². The minimum absolute atomic E-state index is 0.0435. The largest absolute Gasteiger partial charge is 0.497 e. The molecule has 0 saturated carbocycles. The molecule has 1 aliphatic heterocycles. The zero-order valence-electron chi connectivity index (χ0n) is 16.4. The van der Waals surface area contributed by atoms with Crippen LogP contribution in [0.25, 0.3) is 5.82 Å². The summed E-state index contributed by atoms with van der Waals surface area (Å²) >= 11 is 0. The van der Waals surface area contributed by atoms with Crippen molar-refractivity contribution >= 4 is 11.7 Å². The third-order valence-corrected chi connectivity index (χ3v) is 5.03. The Morgan fingerprint density at radius 1 is 1.10 bits per heavy atom. The number of nitrogens with one attached hydrogen (secondary N) is 1. The Morgan fingerprint density at radius 2 is 1.90 bits per heavy atom. The van der Waals surface area contributed by atoms with Crippen molar-refractivity contribution in [2.45, 2.75) is 6.54 Å². The van der Waals surface area contributed by atoms with Gasteiger partial charge in [0.15, 0.2) is 0 Å². The van der Waals surface area contributed by atoms with Gasteiger partial charge in [-0.25, -0.2) is 14.8 Å². The summed E-state index contributed by atoms with van der Waals surface area (Å²) in [6, 6.07) is 11.9. The van der Waals surface area contributed by atoms with Crippen molar-refractivity contribution in [1.82, 2.24) is 24.8 Å². The molecule has 8 nitrogen and oxygen atoms in total. The molecule has 8 heteroatoms. The summed E-state index contributed by atoms with van der Waals surface area (Å²) in [5, 5.41) is 2.99. The van der Waals surface area contributed by atoms with Crippen molar-refractivity contribution in [3.05, 3.63) is 66.9 Å². The second-order valence-electron chi connectivity index (χ2n) is 6.83. The first-order chi connectivity index (χ1) is 14.2. The molecule has 0 aliphatic carbocycles. The second-order valence-corrected chi connectivity index (χ2v) is 6.83. The number of methoxy groups -OCH3 is 1. The summed E-state index contributed by atoms with van der Waals surface area (Å²) in [4.78, 5) is 25.1. The Balaban J connectivity index is 1.25. The summed E-state index contributed by atoms with van der Waals surface area (Å²) in [5.41, 5.74) is 2.11. The van der Waals surface area contributed by atoms with E-state index in [4.69, 9.17) is 4.74 Å². The SMILES string of the molecule is COc1ccc(N2CCN(C(=O)NCc3ccc(-n4ccnc4)nc3)CC2)cc1. The monoisotopic (exact) mass is 392 g/mol. The maximum Gasteiger partial charge on any atom is 0.317 e. The molecule has 3 aromatic rings. The number of pyridine rings is 1. The fourth-order valence-corrected chi connectivity index (χ4v) is 3.32. The van der Waals surface area contributed by atoms with Crippen molar-refractivity contribution in [3.63, 3.8) is 0 Å². The molecule has 0 atom stereocenters. The highest BCUT2D eigenvalue weighted by molar-refractivity contribution is 5.74. The Kier molecular flexibility index (Phi) is 5.60. The van der Waals surface area contributed by atoms with Crippen molar-refractivity contribution < 1.29 is 9.53 Å². The minimum Gasteiger partial charge on any atom is -0.497 e. The molecule has 0 spiro atoms. The Hall–Kier alpha value is -3.55. The number of aromatic nitrogens is 3. The molecule has 150 valence electrons. The molecule has 1 saturated heterocycles. The van der Waals surface area contributed by atoms with Gasteiger partial charge in [-0.15, -0.1) is 0 Å². The first-order valence-corrected chi connectivity index (χ1v) is 9.58. The number of amides is 2. The van der Waals surface area contributed by atoms with Gasteiger partial charge in [-0.2, -0.15) is 0 Å². The van der Waals surface area contributed by atoms with Gasteiger partial charge in [-0.05, 0) is 35.9 Å². The van der Waals surface area contributed by atoms with Gasteiger partial charge in [-0.3, -0.25) is 4.57 Å². The van der Waals surface area contributed by atoms with Crippen LogP contribution in [0.1, 0.15) is 5.56 Å². The quantitative estimate of drug-likeness (QED) is 0.721. The third-order valence-electron chi connectivity index (χ3n) is 5.03. The molecule has 0 unspecified atom stereocenters. The Labute approximate surface area is 169 Å². The van der Waals surface area contributed by atoms with E-state index in [0.717, 1.165) is 35.9 Å². The number of ether oxygens (including phenoxy) is 1. The first-order valence-electron chi connectivity index (χ1n) is 9.58. The summed E-state index contributed by atoms with van der Waals surface area (Å²) in [5.74, 6) is 1.64. The predicted octanol–water partition coefficient (Wildman–Crippen LogP) is 2.31. The Morgan fingerprint density at radius 3 is 2.52 bits per heavy atom. The number of benzene rings is 1. The number of anilines is 1. The number of urea groups is 1. The highest BCUT2D eigenvalue weighted by Crippen LogP contribution is 2.20. The van der Waals surface area contributed by atoms with E-state index >= 15 is 0 Å². The van der Waals surface area contributed by atoms with Crippen LogP contribution >= 0.6 is 0 Å². The molecule has 1 aromatic carbocycles. The van der Waals surface area contributed by atoms with Crippen LogP contribution in [0.2, 0.25) is 0 Å². The zero-order valence-corrected chi connectivity index (χ0v) is 16.4. The van der Waals surface area contributed by atoms with Crippen molar-refractivity contribution in [1.29, 1.82) is 0 Å². The van der Waals surface area contributed by atoms with Crippen molar-refractivity contribution in [2.75, 3.05) is 38.2 Å². The van der Waals surface area contributed by atoms with Gasteiger partial charge < -0.3 is 19.9 Å². The minimum atomic E-state index is -0.0435. The number of hydrogen-bond donors (Lipinski definition) is 1. The number of piperazine rings is 1. The van der Waals surface area contributed by atoms with E-state index in [9.17, 15) is 4.79 Å². The van der Waals surface area contributed by atoms with E-state index in [1.807, 2.05) is 39.9 Å². The summed E-state index contributed by atoms with van der Waals surface area (Å²) in [6.07, 6.45) is 7.03. The number of nitrogens with zero attached hydrogens (tertiary/aromatic N) is 5. The second kappa shape index (κ2) is 8.64. The van der Waals surface area contributed by atoms with E-state index in [1.54, 1.807) is 25.8 Å².